The Morgan fingerprint density at radius 3 is 2.81 bits per heavy atom. The van der Waals surface area contributed by atoms with Crippen molar-refractivity contribution in [2.75, 3.05) is 32.2 Å². The Kier molecular flexibility index (Phi) is 5.17. The first-order valence-corrected chi connectivity index (χ1v) is 10.2. The van der Waals surface area contributed by atoms with E-state index in [1.165, 1.54) is 19.3 Å². The first-order chi connectivity index (χ1) is 13.2. The fourth-order valence-electron chi connectivity index (χ4n) is 5.04. The number of benzene rings is 1. The van der Waals surface area contributed by atoms with Gasteiger partial charge in [0.05, 0.1) is 19.8 Å². The van der Waals surface area contributed by atoms with Crippen molar-refractivity contribution in [1.29, 1.82) is 0 Å². The summed E-state index contributed by atoms with van der Waals surface area (Å²) < 4.78 is 17.1. The fraction of sp³-hybridized carbons (Fsp3) is 0.667. The second-order valence-electron chi connectivity index (χ2n) is 7.70. The van der Waals surface area contributed by atoms with Crippen molar-refractivity contribution in [2.45, 2.75) is 51.7 Å². The van der Waals surface area contributed by atoms with Gasteiger partial charge in [0.25, 0.3) is 0 Å². The molecule has 2 N–H and O–H groups in total. The van der Waals surface area contributed by atoms with E-state index in [-0.39, 0.29) is 0 Å². The number of hydrogen-bond donors (Lipinski definition) is 2. The van der Waals surface area contributed by atoms with Crippen molar-refractivity contribution >= 4 is 11.6 Å². The molecule has 1 aromatic carbocycles. The van der Waals surface area contributed by atoms with Crippen molar-refractivity contribution in [3.05, 3.63) is 18.2 Å². The van der Waals surface area contributed by atoms with Crippen molar-refractivity contribution in [1.82, 2.24) is 5.32 Å². The maximum atomic E-state index is 6.04. The Hall–Kier alpha value is -1.95. The highest BCUT2D eigenvalue weighted by Crippen LogP contribution is 2.62. The first-order valence-electron chi connectivity index (χ1n) is 10.2. The van der Waals surface area contributed by atoms with E-state index in [9.17, 15) is 0 Å². The zero-order valence-electron chi connectivity index (χ0n) is 16.6. The average molecular weight is 373 g/mol. The number of guanidine groups is 1. The molecule has 0 amide bonds. The van der Waals surface area contributed by atoms with E-state index in [0.717, 1.165) is 42.7 Å². The minimum atomic E-state index is 0.327. The quantitative estimate of drug-likeness (QED) is 0.591. The van der Waals surface area contributed by atoms with Gasteiger partial charge in [-0.25, -0.2) is 0 Å². The van der Waals surface area contributed by atoms with Gasteiger partial charge in [-0.2, -0.15) is 0 Å². The predicted octanol–water partition coefficient (Wildman–Crippen LogP) is 3.43. The molecule has 1 saturated heterocycles. The lowest BCUT2D eigenvalue weighted by Crippen LogP contribution is -2.72. The van der Waals surface area contributed by atoms with Gasteiger partial charge in [0.15, 0.2) is 17.5 Å². The molecule has 0 aromatic heterocycles. The topological polar surface area (TPSA) is 64.1 Å². The summed E-state index contributed by atoms with van der Waals surface area (Å²) in [6, 6.07) is 6.35. The van der Waals surface area contributed by atoms with Gasteiger partial charge in [0.2, 0.25) is 0 Å². The Morgan fingerprint density at radius 1 is 1.30 bits per heavy atom. The van der Waals surface area contributed by atoms with Crippen LogP contribution in [0.1, 0.15) is 39.5 Å². The van der Waals surface area contributed by atoms with Crippen LogP contribution in [0.2, 0.25) is 0 Å². The molecule has 3 aliphatic rings. The van der Waals surface area contributed by atoms with Crippen molar-refractivity contribution in [2.24, 2.45) is 16.3 Å². The van der Waals surface area contributed by atoms with Gasteiger partial charge >= 0.3 is 0 Å². The summed E-state index contributed by atoms with van der Waals surface area (Å²) in [4.78, 5) is 4.68. The molecule has 4 rings (SSSR count). The summed E-state index contributed by atoms with van der Waals surface area (Å²) in [7, 11) is 1.66. The van der Waals surface area contributed by atoms with Crippen LogP contribution in [0.15, 0.2) is 23.2 Å². The van der Waals surface area contributed by atoms with E-state index >= 15 is 0 Å². The molecule has 0 radical (unpaired) electrons. The summed E-state index contributed by atoms with van der Waals surface area (Å²) in [5.74, 6) is 2.93. The Balaban J connectivity index is 1.49. The maximum Gasteiger partial charge on any atom is 0.196 e. The zero-order valence-corrected chi connectivity index (χ0v) is 16.6. The fourth-order valence-corrected chi connectivity index (χ4v) is 5.04. The Morgan fingerprint density at radius 2 is 2.15 bits per heavy atom. The first kappa shape index (κ1) is 18.4. The van der Waals surface area contributed by atoms with Gasteiger partial charge in [-0.15, -0.1) is 0 Å². The number of hydrogen-bond acceptors (Lipinski definition) is 4. The number of nitrogens with one attached hydrogen (secondary N) is 2. The SMILES string of the molecule is CCN=C(Nc1ccc(OC)c(OCC)c1)NC1C2CCOC2C12CCC2. The van der Waals surface area contributed by atoms with Crippen LogP contribution in [0.25, 0.3) is 0 Å². The van der Waals surface area contributed by atoms with E-state index in [1.54, 1.807) is 7.11 Å². The third-order valence-electron chi connectivity index (χ3n) is 6.37. The van der Waals surface area contributed by atoms with Crippen LogP contribution in [0.3, 0.4) is 0 Å². The normalized spacial score (nSPS) is 28.1. The number of ether oxygens (including phenoxy) is 3. The highest BCUT2D eigenvalue weighted by atomic mass is 16.5. The largest absolute Gasteiger partial charge is 0.493 e. The van der Waals surface area contributed by atoms with Gasteiger partial charge in [0, 0.05) is 42.3 Å². The highest BCUT2D eigenvalue weighted by Gasteiger charge is 2.66. The monoisotopic (exact) mass is 373 g/mol. The molecule has 6 heteroatoms. The van der Waals surface area contributed by atoms with Crippen LogP contribution in [-0.4, -0.2) is 45.0 Å². The maximum absolute atomic E-state index is 6.04. The lowest BCUT2D eigenvalue weighted by Gasteiger charge is -2.63. The van der Waals surface area contributed by atoms with Crippen LogP contribution in [0, 0.1) is 11.3 Å². The molecule has 2 saturated carbocycles. The molecule has 3 unspecified atom stereocenters. The summed E-state index contributed by atoms with van der Waals surface area (Å²) in [6.07, 6.45) is 5.46. The average Bonchev–Trinajstić information content (AvgIpc) is 3.04. The zero-order chi connectivity index (χ0) is 18.9. The molecule has 3 atom stereocenters. The van der Waals surface area contributed by atoms with E-state index in [2.05, 4.69) is 22.5 Å². The second-order valence-corrected chi connectivity index (χ2v) is 7.70. The molecular weight excluding hydrogens is 342 g/mol. The third-order valence-corrected chi connectivity index (χ3v) is 6.37. The Labute approximate surface area is 161 Å². The minimum absolute atomic E-state index is 0.327. The third kappa shape index (κ3) is 3.14. The van der Waals surface area contributed by atoms with E-state index in [0.29, 0.717) is 30.1 Å². The molecule has 1 spiro atoms. The smallest absolute Gasteiger partial charge is 0.196 e. The number of fused-ring (bicyclic) bond motifs is 2. The van der Waals surface area contributed by atoms with Gasteiger partial charge < -0.3 is 24.8 Å². The summed E-state index contributed by atoms with van der Waals surface area (Å²) in [5.41, 5.74) is 1.27. The molecule has 0 bridgehead atoms. The van der Waals surface area contributed by atoms with E-state index < -0.39 is 0 Å². The molecular formula is C21H31N3O3. The van der Waals surface area contributed by atoms with Gasteiger partial charge in [0.1, 0.15) is 0 Å². The predicted molar refractivity (Wildman–Crippen MR) is 107 cm³/mol. The number of aliphatic imine (C=N–C) groups is 1. The summed E-state index contributed by atoms with van der Waals surface area (Å²) in [6.45, 7) is 6.26. The van der Waals surface area contributed by atoms with Crippen LogP contribution < -0.4 is 20.1 Å². The molecule has 148 valence electrons. The number of nitrogens with zero attached hydrogens (tertiary/aromatic N) is 1. The van der Waals surface area contributed by atoms with Crippen molar-refractivity contribution in [3.63, 3.8) is 0 Å². The lowest BCUT2D eigenvalue weighted by molar-refractivity contribution is -0.171. The molecule has 27 heavy (non-hydrogen) atoms. The van der Waals surface area contributed by atoms with Crippen molar-refractivity contribution < 1.29 is 14.2 Å². The van der Waals surface area contributed by atoms with Gasteiger partial charge in [-0.05, 0) is 45.2 Å². The summed E-state index contributed by atoms with van der Waals surface area (Å²) in [5, 5.41) is 7.19. The van der Waals surface area contributed by atoms with E-state index in [1.807, 2.05) is 25.1 Å². The number of anilines is 1. The van der Waals surface area contributed by atoms with Crippen molar-refractivity contribution in [3.8, 4) is 11.5 Å². The molecule has 1 aromatic rings. The Bertz CT molecular complexity index is 702. The molecule has 2 aliphatic carbocycles. The van der Waals surface area contributed by atoms with Gasteiger partial charge in [-0.3, -0.25) is 4.99 Å². The molecule has 1 heterocycles. The van der Waals surface area contributed by atoms with Gasteiger partial charge in [-0.1, -0.05) is 6.42 Å². The number of methoxy groups -OCH3 is 1. The summed E-state index contributed by atoms with van der Waals surface area (Å²) >= 11 is 0. The molecule has 6 nitrogen and oxygen atoms in total. The van der Waals surface area contributed by atoms with Crippen LogP contribution in [0.4, 0.5) is 5.69 Å². The minimum Gasteiger partial charge on any atom is -0.493 e. The highest BCUT2D eigenvalue weighted by molar-refractivity contribution is 5.94. The van der Waals surface area contributed by atoms with E-state index in [4.69, 9.17) is 14.2 Å². The van der Waals surface area contributed by atoms with Crippen LogP contribution in [0.5, 0.6) is 11.5 Å². The standard InChI is InChI=1S/C21H31N3O3/c1-4-22-20(23-14-7-8-16(25-3)17(13-14)26-5-2)24-18-15-9-12-27-19(15)21(18)10-6-11-21/h7-8,13,15,18-19H,4-6,9-12H2,1-3H3,(H2,22,23,24). The second kappa shape index (κ2) is 7.58. The molecule has 3 fully saturated rings. The lowest BCUT2D eigenvalue weighted by atomic mass is 9.46. The molecule has 1 aliphatic heterocycles. The van der Waals surface area contributed by atoms with Crippen LogP contribution in [-0.2, 0) is 4.74 Å². The van der Waals surface area contributed by atoms with Crippen LogP contribution >= 0.6 is 0 Å². The number of rotatable bonds is 6.